The van der Waals surface area contributed by atoms with Crippen molar-refractivity contribution in [1.29, 1.82) is 0 Å². The number of carbonyl (C=O) groups is 1. The second-order valence-corrected chi connectivity index (χ2v) is 8.34. The highest BCUT2D eigenvalue weighted by Gasteiger charge is 2.23. The minimum atomic E-state index is -1.05. The maximum Gasteiger partial charge on any atom is 0.352 e. The molecule has 36 heavy (non-hydrogen) atoms. The predicted octanol–water partition coefficient (Wildman–Crippen LogP) is 4.89. The number of hydrogen-bond acceptors (Lipinski definition) is 5. The molecule has 4 rings (SSSR count). The number of carboxylic acid groups (broad SMARTS) is 1. The normalized spacial score (nSPS) is 11.0. The number of benzene rings is 3. The highest BCUT2D eigenvalue weighted by atomic mass is 19.1. The number of hydrogen-bond donors (Lipinski definition) is 2. The topological polar surface area (TPSA) is 82.0 Å². The molecule has 3 aromatic carbocycles. The first kappa shape index (κ1) is 25.1. The van der Waals surface area contributed by atoms with Gasteiger partial charge in [0.1, 0.15) is 28.8 Å². The van der Waals surface area contributed by atoms with Crippen LogP contribution in [0, 0.1) is 5.82 Å². The van der Waals surface area contributed by atoms with Crippen LogP contribution >= 0.6 is 0 Å². The van der Waals surface area contributed by atoms with Crippen LogP contribution in [0.25, 0.3) is 10.9 Å². The molecule has 4 aromatic rings. The minimum Gasteiger partial charge on any atom is -0.497 e. The summed E-state index contributed by atoms with van der Waals surface area (Å²) in [6.07, 6.45) is 0.665. The van der Waals surface area contributed by atoms with Crippen LogP contribution in [-0.4, -0.2) is 43.5 Å². The molecule has 2 N–H and O–H groups in total. The number of nitrogens with one attached hydrogen (secondary N) is 1. The van der Waals surface area contributed by atoms with Crippen LogP contribution in [0.3, 0.4) is 0 Å². The Morgan fingerprint density at radius 2 is 1.72 bits per heavy atom. The molecule has 0 unspecified atom stereocenters. The molecule has 0 aliphatic rings. The van der Waals surface area contributed by atoms with E-state index in [1.165, 1.54) is 12.1 Å². The SMILES string of the molecule is COc1ccc(OC)c(CCNCc2c(C(=O)O)n(Cc3cccc(F)c3)c3cc(OC)ccc23)c1. The van der Waals surface area contributed by atoms with Gasteiger partial charge in [0, 0.05) is 30.1 Å². The summed E-state index contributed by atoms with van der Waals surface area (Å²) in [4.78, 5) is 12.4. The van der Waals surface area contributed by atoms with E-state index in [1.807, 2.05) is 36.4 Å². The first-order valence-electron chi connectivity index (χ1n) is 11.5. The highest BCUT2D eigenvalue weighted by molar-refractivity contribution is 5.98. The van der Waals surface area contributed by atoms with E-state index in [0.29, 0.717) is 41.9 Å². The lowest BCUT2D eigenvalue weighted by Crippen LogP contribution is -2.19. The predicted molar refractivity (Wildman–Crippen MR) is 136 cm³/mol. The maximum absolute atomic E-state index is 13.8. The fourth-order valence-electron chi connectivity index (χ4n) is 4.45. The summed E-state index contributed by atoms with van der Waals surface area (Å²) in [7, 11) is 4.81. The van der Waals surface area contributed by atoms with Gasteiger partial charge in [-0.05, 0) is 66.6 Å². The van der Waals surface area contributed by atoms with Crippen molar-refractivity contribution in [3.63, 3.8) is 0 Å². The van der Waals surface area contributed by atoms with Crippen molar-refractivity contribution in [3.8, 4) is 17.2 Å². The lowest BCUT2D eigenvalue weighted by Gasteiger charge is -2.12. The van der Waals surface area contributed by atoms with Crippen molar-refractivity contribution in [2.45, 2.75) is 19.5 Å². The number of aromatic nitrogens is 1. The zero-order chi connectivity index (χ0) is 25.7. The monoisotopic (exact) mass is 492 g/mol. The van der Waals surface area contributed by atoms with Gasteiger partial charge in [0.25, 0.3) is 0 Å². The molecular weight excluding hydrogens is 463 g/mol. The third-order valence-corrected chi connectivity index (χ3v) is 6.17. The Morgan fingerprint density at radius 3 is 2.42 bits per heavy atom. The lowest BCUT2D eigenvalue weighted by molar-refractivity contribution is 0.0684. The Morgan fingerprint density at radius 1 is 0.972 bits per heavy atom. The van der Waals surface area contributed by atoms with Gasteiger partial charge in [0.15, 0.2) is 0 Å². The van der Waals surface area contributed by atoms with Crippen LogP contribution in [0.1, 0.15) is 27.2 Å². The molecule has 1 aromatic heterocycles. The van der Waals surface area contributed by atoms with E-state index in [-0.39, 0.29) is 18.1 Å². The van der Waals surface area contributed by atoms with E-state index in [0.717, 1.165) is 22.4 Å². The van der Waals surface area contributed by atoms with Crippen molar-refractivity contribution in [1.82, 2.24) is 9.88 Å². The standard InChI is InChI=1S/C28H29FN2O5/c1-34-21-8-10-26(36-3)19(14-21)11-12-30-16-24-23-9-7-22(35-2)15-25(23)31(27(24)28(32)33)17-18-5-4-6-20(29)13-18/h4-10,13-15,30H,11-12,16-17H2,1-3H3,(H,32,33). The summed E-state index contributed by atoms with van der Waals surface area (Å²) in [5.41, 5.74) is 3.19. The molecule has 0 atom stereocenters. The van der Waals surface area contributed by atoms with Crippen LogP contribution in [0.15, 0.2) is 60.7 Å². The Labute approximate surface area is 209 Å². The lowest BCUT2D eigenvalue weighted by atomic mass is 10.1. The summed E-state index contributed by atoms with van der Waals surface area (Å²) >= 11 is 0. The van der Waals surface area contributed by atoms with E-state index in [4.69, 9.17) is 14.2 Å². The van der Waals surface area contributed by atoms with Crippen molar-refractivity contribution in [2.75, 3.05) is 27.9 Å². The van der Waals surface area contributed by atoms with Crippen molar-refractivity contribution in [3.05, 3.63) is 88.9 Å². The van der Waals surface area contributed by atoms with Gasteiger partial charge in [-0.25, -0.2) is 9.18 Å². The maximum atomic E-state index is 13.8. The van der Waals surface area contributed by atoms with E-state index < -0.39 is 5.97 Å². The molecule has 0 fully saturated rings. The van der Waals surface area contributed by atoms with Gasteiger partial charge in [0.05, 0.1) is 26.8 Å². The number of rotatable bonds is 11. The molecule has 1 heterocycles. The molecule has 8 heteroatoms. The average Bonchev–Trinajstić information content (AvgIpc) is 3.18. The van der Waals surface area contributed by atoms with Crippen LogP contribution in [0.4, 0.5) is 4.39 Å². The van der Waals surface area contributed by atoms with Gasteiger partial charge in [-0.1, -0.05) is 12.1 Å². The Kier molecular flexibility index (Phi) is 7.75. The molecular formula is C28H29FN2O5. The summed E-state index contributed by atoms with van der Waals surface area (Å²) < 4.78 is 31.7. The molecule has 0 saturated carbocycles. The van der Waals surface area contributed by atoms with Gasteiger partial charge in [-0.15, -0.1) is 0 Å². The number of aromatic carboxylic acids is 1. The summed E-state index contributed by atoms with van der Waals surface area (Å²) in [5.74, 6) is 0.708. The smallest absolute Gasteiger partial charge is 0.352 e. The van der Waals surface area contributed by atoms with Crippen LogP contribution < -0.4 is 19.5 Å². The Bertz CT molecular complexity index is 1380. The summed E-state index contributed by atoms with van der Waals surface area (Å²) in [5, 5.41) is 14.4. The second-order valence-electron chi connectivity index (χ2n) is 8.34. The first-order chi connectivity index (χ1) is 17.4. The van der Waals surface area contributed by atoms with E-state index in [2.05, 4.69) is 5.32 Å². The molecule has 0 spiro atoms. The molecule has 0 aliphatic carbocycles. The zero-order valence-corrected chi connectivity index (χ0v) is 20.5. The van der Waals surface area contributed by atoms with Gasteiger partial charge in [-0.2, -0.15) is 0 Å². The number of methoxy groups -OCH3 is 3. The third-order valence-electron chi connectivity index (χ3n) is 6.17. The minimum absolute atomic E-state index is 0.161. The van der Waals surface area contributed by atoms with Crippen LogP contribution in [-0.2, 0) is 19.5 Å². The van der Waals surface area contributed by atoms with Gasteiger partial charge >= 0.3 is 5.97 Å². The molecule has 0 saturated heterocycles. The largest absolute Gasteiger partial charge is 0.497 e. The van der Waals surface area contributed by atoms with E-state index >= 15 is 0 Å². The third kappa shape index (κ3) is 5.28. The molecule has 0 radical (unpaired) electrons. The van der Waals surface area contributed by atoms with Gasteiger partial charge in [-0.3, -0.25) is 0 Å². The van der Waals surface area contributed by atoms with Gasteiger partial charge in [0.2, 0.25) is 0 Å². The second kappa shape index (κ2) is 11.1. The quantitative estimate of drug-likeness (QED) is 0.290. The molecule has 0 aliphatic heterocycles. The van der Waals surface area contributed by atoms with E-state index in [1.54, 1.807) is 38.0 Å². The molecule has 7 nitrogen and oxygen atoms in total. The molecule has 188 valence electrons. The van der Waals surface area contributed by atoms with Crippen molar-refractivity contribution < 1.29 is 28.5 Å². The fourth-order valence-corrected chi connectivity index (χ4v) is 4.45. The number of nitrogens with zero attached hydrogens (tertiary/aromatic N) is 1. The fraction of sp³-hybridized carbons (Fsp3) is 0.250. The zero-order valence-electron chi connectivity index (χ0n) is 20.5. The van der Waals surface area contributed by atoms with E-state index in [9.17, 15) is 14.3 Å². The Hall–Kier alpha value is -4.04. The first-order valence-corrected chi connectivity index (χ1v) is 11.5. The van der Waals surface area contributed by atoms with Crippen molar-refractivity contribution in [2.24, 2.45) is 0 Å². The van der Waals surface area contributed by atoms with Gasteiger partial charge < -0.3 is 29.2 Å². The van der Waals surface area contributed by atoms with Crippen molar-refractivity contribution >= 4 is 16.9 Å². The number of ether oxygens (including phenoxy) is 3. The highest BCUT2D eigenvalue weighted by Crippen LogP contribution is 2.31. The number of fused-ring (bicyclic) bond motifs is 1. The Balaban J connectivity index is 1.64. The summed E-state index contributed by atoms with van der Waals surface area (Å²) in [6, 6.07) is 17.3. The summed E-state index contributed by atoms with van der Waals surface area (Å²) in [6.45, 7) is 1.15. The number of carboxylic acids is 1. The van der Waals surface area contributed by atoms with Crippen LogP contribution in [0.2, 0.25) is 0 Å². The number of halogens is 1. The molecule has 0 amide bonds. The van der Waals surface area contributed by atoms with Crippen LogP contribution in [0.5, 0.6) is 17.2 Å². The molecule has 0 bridgehead atoms. The average molecular weight is 493 g/mol.